The van der Waals surface area contributed by atoms with Crippen LogP contribution in [0.4, 0.5) is 5.69 Å². The predicted molar refractivity (Wildman–Crippen MR) is 119 cm³/mol. The SMILES string of the molecule is COc1ccccc1N1C(=O)/C(=C/c2cn(CC(=O)O)c3ccccc23)C(=O)NC1=S. The molecule has 1 saturated heterocycles. The molecule has 1 aliphatic rings. The lowest BCUT2D eigenvalue weighted by atomic mass is 10.1. The molecule has 1 aliphatic heterocycles. The fraction of sp³-hybridized carbons (Fsp3) is 0.0909. The fourth-order valence-corrected chi connectivity index (χ4v) is 3.79. The second-order valence-electron chi connectivity index (χ2n) is 6.75. The second kappa shape index (κ2) is 8.04. The van der Waals surface area contributed by atoms with Crippen molar-refractivity contribution in [2.75, 3.05) is 12.0 Å². The Morgan fingerprint density at radius 3 is 2.61 bits per heavy atom. The Morgan fingerprint density at radius 2 is 1.87 bits per heavy atom. The van der Waals surface area contributed by atoms with E-state index in [0.29, 0.717) is 27.9 Å². The minimum atomic E-state index is -1.00. The maximum atomic E-state index is 13.3. The molecule has 0 bridgehead atoms. The molecule has 31 heavy (non-hydrogen) atoms. The Kier molecular flexibility index (Phi) is 5.26. The first-order valence-corrected chi connectivity index (χ1v) is 9.65. The van der Waals surface area contributed by atoms with Gasteiger partial charge >= 0.3 is 5.97 Å². The van der Waals surface area contributed by atoms with Crippen LogP contribution in [0.2, 0.25) is 0 Å². The molecule has 2 amide bonds. The number of carbonyl (C=O) groups excluding carboxylic acids is 2. The number of ether oxygens (including phenoxy) is 1. The molecule has 156 valence electrons. The highest BCUT2D eigenvalue weighted by Gasteiger charge is 2.36. The van der Waals surface area contributed by atoms with E-state index >= 15 is 0 Å². The summed E-state index contributed by atoms with van der Waals surface area (Å²) in [6.45, 7) is -0.249. The van der Waals surface area contributed by atoms with Crippen LogP contribution in [0.1, 0.15) is 5.56 Å². The Hall–Kier alpha value is -3.98. The van der Waals surface area contributed by atoms with Crippen molar-refractivity contribution >= 4 is 57.8 Å². The molecule has 8 nitrogen and oxygen atoms in total. The number of carboxylic acids is 1. The minimum Gasteiger partial charge on any atom is -0.495 e. The Bertz CT molecular complexity index is 1280. The largest absolute Gasteiger partial charge is 0.495 e. The van der Waals surface area contributed by atoms with Gasteiger partial charge in [-0.25, -0.2) is 4.90 Å². The average molecular weight is 435 g/mol. The third-order valence-electron chi connectivity index (χ3n) is 4.85. The molecule has 1 fully saturated rings. The van der Waals surface area contributed by atoms with Crippen LogP contribution < -0.4 is 15.0 Å². The summed E-state index contributed by atoms with van der Waals surface area (Å²) in [4.78, 5) is 38.3. The Morgan fingerprint density at radius 1 is 1.16 bits per heavy atom. The van der Waals surface area contributed by atoms with Crippen LogP contribution in [0.15, 0.2) is 60.3 Å². The molecule has 0 saturated carbocycles. The second-order valence-corrected chi connectivity index (χ2v) is 7.14. The lowest BCUT2D eigenvalue weighted by molar-refractivity contribution is -0.137. The molecule has 2 heterocycles. The number of aromatic nitrogens is 1. The molecule has 0 spiro atoms. The van der Waals surface area contributed by atoms with Gasteiger partial charge < -0.3 is 14.4 Å². The fourth-order valence-electron chi connectivity index (χ4n) is 3.51. The summed E-state index contributed by atoms with van der Waals surface area (Å²) < 4.78 is 6.88. The van der Waals surface area contributed by atoms with Crippen molar-refractivity contribution in [3.8, 4) is 5.75 Å². The van der Waals surface area contributed by atoms with Gasteiger partial charge in [0.2, 0.25) is 0 Å². The molecule has 0 radical (unpaired) electrons. The van der Waals surface area contributed by atoms with Gasteiger partial charge in [-0.05, 0) is 36.5 Å². The van der Waals surface area contributed by atoms with E-state index in [9.17, 15) is 19.5 Å². The summed E-state index contributed by atoms with van der Waals surface area (Å²) in [5, 5.41) is 12.4. The summed E-state index contributed by atoms with van der Waals surface area (Å²) >= 11 is 5.24. The van der Waals surface area contributed by atoms with E-state index < -0.39 is 17.8 Å². The zero-order valence-corrected chi connectivity index (χ0v) is 17.2. The number of amides is 2. The first-order chi connectivity index (χ1) is 14.9. The molecule has 0 aliphatic carbocycles. The zero-order valence-electron chi connectivity index (χ0n) is 16.4. The van der Waals surface area contributed by atoms with Gasteiger partial charge in [0.1, 0.15) is 17.9 Å². The first kappa shape index (κ1) is 20.3. The summed E-state index contributed by atoms with van der Waals surface area (Å²) in [6, 6.07) is 14.0. The number of anilines is 1. The molecule has 2 N–H and O–H groups in total. The number of benzene rings is 2. The van der Waals surface area contributed by atoms with Crippen LogP contribution in [0.5, 0.6) is 5.75 Å². The number of hydrogen-bond donors (Lipinski definition) is 2. The van der Waals surface area contributed by atoms with Crippen LogP contribution in [0.25, 0.3) is 17.0 Å². The van der Waals surface area contributed by atoms with Crippen molar-refractivity contribution in [2.24, 2.45) is 0 Å². The van der Waals surface area contributed by atoms with Gasteiger partial charge in [0.05, 0.1) is 12.8 Å². The van der Waals surface area contributed by atoms with Crippen molar-refractivity contribution in [2.45, 2.75) is 6.54 Å². The normalized spacial score (nSPS) is 15.5. The summed E-state index contributed by atoms with van der Waals surface area (Å²) in [7, 11) is 1.48. The lowest BCUT2D eigenvalue weighted by Crippen LogP contribution is -2.54. The van der Waals surface area contributed by atoms with Gasteiger partial charge in [-0.2, -0.15) is 0 Å². The maximum Gasteiger partial charge on any atom is 0.323 e. The van der Waals surface area contributed by atoms with Crippen LogP contribution in [0.3, 0.4) is 0 Å². The van der Waals surface area contributed by atoms with Crippen LogP contribution in [-0.2, 0) is 20.9 Å². The molecule has 3 aromatic rings. The number of nitrogens with zero attached hydrogens (tertiary/aromatic N) is 2. The number of carboxylic acid groups (broad SMARTS) is 1. The molecule has 4 rings (SSSR count). The topological polar surface area (TPSA) is 101 Å². The highest BCUT2D eigenvalue weighted by Crippen LogP contribution is 2.31. The number of methoxy groups -OCH3 is 1. The molecular weight excluding hydrogens is 418 g/mol. The van der Waals surface area contributed by atoms with Gasteiger partial charge in [0.25, 0.3) is 11.8 Å². The number of carbonyl (C=O) groups is 3. The van der Waals surface area contributed by atoms with Crippen LogP contribution >= 0.6 is 12.2 Å². The molecule has 9 heteroatoms. The lowest BCUT2D eigenvalue weighted by Gasteiger charge is -2.29. The molecule has 2 aromatic carbocycles. The number of hydrogen-bond acceptors (Lipinski definition) is 5. The number of rotatable bonds is 5. The van der Waals surface area contributed by atoms with E-state index in [0.717, 1.165) is 0 Å². The van der Waals surface area contributed by atoms with Gasteiger partial charge in [-0.15, -0.1) is 0 Å². The first-order valence-electron chi connectivity index (χ1n) is 9.25. The van der Waals surface area contributed by atoms with Crippen LogP contribution in [-0.4, -0.2) is 39.7 Å². The van der Waals surface area contributed by atoms with Crippen molar-refractivity contribution in [3.63, 3.8) is 0 Å². The van der Waals surface area contributed by atoms with Gasteiger partial charge in [0, 0.05) is 22.7 Å². The monoisotopic (exact) mass is 435 g/mol. The van der Waals surface area contributed by atoms with E-state index in [2.05, 4.69) is 5.32 Å². The quantitative estimate of drug-likeness (QED) is 0.363. The van der Waals surface area contributed by atoms with E-state index in [-0.39, 0.29) is 17.2 Å². The van der Waals surface area contributed by atoms with E-state index in [1.165, 1.54) is 18.1 Å². The van der Waals surface area contributed by atoms with Crippen molar-refractivity contribution in [1.29, 1.82) is 0 Å². The number of aliphatic carboxylic acids is 1. The van der Waals surface area contributed by atoms with E-state index in [1.807, 2.05) is 0 Å². The Balaban J connectivity index is 1.82. The van der Waals surface area contributed by atoms with Crippen molar-refractivity contribution in [1.82, 2.24) is 9.88 Å². The maximum absolute atomic E-state index is 13.3. The Labute approximate surface area is 182 Å². The van der Waals surface area contributed by atoms with Gasteiger partial charge in [0.15, 0.2) is 5.11 Å². The van der Waals surface area contributed by atoms with E-state index in [1.54, 1.807) is 59.3 Å². The predicted octanol–water partition coefficient (Wildman–Crippen LogP) is 2.57. The number of nitrogens with one attached hydrogen (secondary N) is 1. The number of para-hydroxylation sites is 3. The van der Waals surface area contributed by atoms with Crippen LogP contribution in [0, 0.1) is 0 Å². The minimum absolute atomic E-state index is 0.0510. The molecule has 1 aromatic heterocycles. The standard InChI is InChI=1S/C22H17N3O5S/c1-30-18-9-5-4-8-17(18)25-21(29)15(20(28)23-22(25)31)10-13-11-24(12-19(26)27)16-7-3-2-6-14(13)16/h2-11H,12H2,1H3,(H,26,27)(H,23,28,31)/b15-10+. The molecule has 0 unspecified atom stereocenters. The third kappa shape index (κ3) is 3.66. The number of thiocarbonyl (C=S) groups is 1. The highest BCUT2D eigenvalue weighted by atomic mass is 32.1. The highest BCUT2D eigenvalue weighted by molar-refractivity contribution is 7.80. The van der Waals surface area contributed by atoms with Gasteiger partial charge in [-0.3, -0.25) is 19.7 Å². The number of fused-ring (bicyclic) bond motifs is 1. The zero-order chi connectivity index (χ0) is 22.1. The summed E-state index contributed by atoms with van der Waals surface area (Å²) in [5.74, 6) is -1.81. The van der Waals surface area contributed by atoms with Crippen molar-refractivity contribution < 1.29 is 24.2 Å². The average Bonchev–Trinajstić information content (AvgIpc) is 3.08. The summed E-state index contributed by atoms with van der Waals surface area (Å²) in [6.07, 6.45) is 3.05. The molecular formula is C22H17N3O5S. The van der Waals surface area contributed by atoms with E-state index in [4.69, 9.17) is 17.0 Å². The smallest absolute Gasteiger partial charge is 0.323 e. The summed E-state index contributed by atoms with van der Waals surface area (Å²) in [5.41, 5.74) is 1.50. The van der Waals surface area contributed by atoms with Gasteiger partial charge in [-0.1, -0.05) is 30.3 Å². The molecule has 0 atom stereocenters. The van der Waals surface area contributed by atoms with Crippen molar-refractivity contribution in [3.05, 3.63) is 65.9 Å². The third-order valence-corrected chi connectivity index (χ3v) is 5.14.